The monoisotopic (exact) mass is 603 g/mol. The van der Waals surface area contributed by atoms with Crippen LogP contribution in [0.15, 0.2) is 47.3 Å². The summed E-state index contributed by atoms with van der Waals surface area (Å²) in [5.41, 5.74) is 2.63. The van der Waals surface area contributed by atoms with E-state index >= 15 is 0 Å². The van der Waals surface area contributed by atoms with Gasteiger partial charge in [0.25, 0.3) is 5.91 Å². The van der Waals surface area contributed by atoms with Crippen LogP contribution in [-0.2, 0) is 30.4 Å². The van der Waals surface area contributed by atoms with Crippen molar-refractivity contribution in [1.29, 1.82) is 0 Å². The van der Waals surface area contributed by atoms with E-state index in [1.165, 1.54) is 12.7 Å². The minimum atomic E-state index is -1.19. The van der Waals surface area contributed by atoms with E-state index in [9.17, 15) is 19.5 Å². The highest BCUT2D eigenvalue weighted by atomic mass is 16.6. The zero-order valence-electron chi connectivity index (χ0n) is 26.3. The standard InChI is InChI=1S/C35H45N3O6/c1-21(39)35(42)16-13-28-26-10-9-23-18-24(11-14-33(23,2)27(26)12-15-34(28,35)3)38-44-20-31(40)37-30(32(41)43-4)17-22-19-36-29-8-6-5-7-25(22)29/h5-8,18-19,26-28,30,36,42H,9-17,20H2,1-4H3,(H,37,40)/b38-24-/t26-,27-,28+,30-,33-,34-,35-/m0/s1. The van der Waals surface area contributed by atoms with Crippen LogP contribution < -0.4 is 5.32 Å². The van der Waals surface area contributed by atoms with Gasteiger partial charge < -0.3 is 25.0 Å². The lowest BCUT2D eigenvalue weighted by Crippen LogP contribution is -2.57. The fourth-order valence-electron chi connectivity index (χ4n) is 9.50. The Kier molecular flexibility index (Phi) is 7.97. The molecule has 6 rings (SSSR count). The lowest BCUT2D eigenvalue weighted by Gasteiger charge is -2.59. The minimum Gasteiger partial charge on any atom is -0.467 e. The first kappa shape index (κ1) is 30.6. The first-order chi connectivity index (χ1) is 21.0. The van der Waals surface area contributed by atoms with Crippen LogP contribution in [0.1, 0.15) is 77.7 Å². The molecule has 0 unspecified atom stereocenters. The van der Waals surface area contributed by atoms with Crippen LogP contribution in [0.2, 0.25) is 0 Å². The Morgan fingerprint density at radius 2 is 1.86 bits per heavy atom. The highest BCUT2D eigenvalue weighted by molar-refractivity contribution is 5.96. The fraction of sp³-hybridized carbons (Fsp3) is 0.600. The second-order valence-electron chi connectivity index (χ2n) is 14.0. The highest BCUT2D eigenvalue weighted by Gasteiger charge is 2.65. The van der Waals surface area contributed by atoms with Crippen molar-refractivity contribution in [2.24, 2.45) is 33.7 Å². The number of aliphatic hydroxyl groups is 1. The molecule has 7 atom stereocenters. The average Bonchev–Trinajstić information content (AvgIpc) is 3.54. The van der Waals surface area contributed by atoms with Gasteiger partial charge in [-0.05, 0) is 99.2 Å². The summed E-state index contributed by atoms with van der Waals surface area (Å²) in [6.07, 6.45) is 11.4. The lowest BCUT2D eigenvalue weighted by atomic mass is 9.46. The van der Waals surface area contributed by atoms with Gasteiger partial charge in [-0.15, -0.1) is 0 Å². The van der Waals surface area contributed by atoms with Crippen molar-refractivity contribution in [3.63, 3.8) is 0 Å². The smallest absolute Gasteiger partial charge is 0.328 e. The number of allylic oxidation sites excluding steroid dienone is 2. The number of carbonyl (C=O) groups excluding carboxylic acids is 3. The van der Waals surface area contributed by atoms with Crippen molar-refractivity contribution >= 4 is 34.3 Å². The zero-order chi connectivity index (χ0) is 31.3. The molecule has 1 aromatic heterocycles. The van der Waals surface area contributed by atoms with Crippen molar-refractivity contribution < 1.29 is 29.1 Å². The second kappa shape index (κ2) is 11.5. The van der Waals surface area contributed by atoms with E-state index in [1.54, 1.807) is 6.92 Å². The molecule has 2 aromatic rings. The van der Waals surface area contributed by atoms with Crippen LogP contribution in [0.4, 0.5) is 0 Å². The summed E-state index contributed by atoms with van der Waals surface area (Å²) in [6.45, 7) is 5.80. The molecule has 9 nitrogen and oxygen atoms in total. The summed E-state index contributed by atoms with van der Waals surface area (Å²) in [6, 6.07) is 6.96. The molecular formula is C35H45N3O6. The number of carbonyl (C=O) groups is 3. The Bertz CT molecular complexity index is 1530. The third kappa shape index (κ3) is 4.97. The Morgan fingerprint density at radius 3 is 2.64 bits per heavy atom. The average molecular weight is 604 g/mol. The van der Waals surface area contributed by atoms with E-state index in [0.717, 1.165) is 67.1 Å². The summed E-state index contributed by atoms with van der Waals surface area (Å²) >= 11 is 0. The maximum Gasteiger partial charge on any atom is 0.328 e. The molecule has 3 saturated carbocycles. The van der Waals surface area contributed by atoms with Crippen LogP contribution in [-0.4, -0.2) is 58.8 Å². The SMILES string of the molecule is COC(=O)[C@H](Cc1c[nH]c2ccccc12)NC(=O)CO/N=C1\C=C2CC[C@@H]3[C@H]4CC[C@](O)(C(C)=O)[C@@]4(C)CC[C@@H]3[C@@]2(C)CC1. The third-order valence-electron chi connectivity index (χ3n) is 12.0. The van der Waals surface area contributed by atoms with Crippen LogP contribution in [0, 0.1) is 28.6 Å². The van der Waals surface area contributed by atoms with Crippen LogP contribution in [0.25, 0.3) is 10.9 Å². The number of benzene rings is 1. The number of ketones is 1. The number of oxime groups is 1. The van der Waals surface area contributed by atoms with Crippen molar-refractivity contribution in [3.05, 3.63) is 47.7 Å². The Labute approximate surface area is 258 Å². The number of nitrogens with zero attached hydrogens (tertiary/aromatic N) is 1. The van der Waals surface area contributed by atoms with E-state index in [-0.39, 0.29) is 29.6 Å². The zero-order valence-corrected chi connectivity index (χ0v) is 26.3. The van der Waals surface area contributed by atoms with Crippen LogP contribution >= 0.6 is 0 Å². The van der Waals surface area contributed by atoms with Gasteiger partial charge in [0, 0.05) is 28.9 Å². The molecule has 44 heavy (non-hydrogen) atoms. The molecule has 9 heteroatoms. The predicted octanol–water partition coefficient (Wildman–Crippen LogP) is 5.02. The normalized spacial score (nSPS) is 34.3. The number of H-pyrrole nitrogens is 1. The van der Waals surface area contributed by atoms with E-state index < -0.39 is 23.5 Å². The molecule has 236 valence electrons. The second-order valence-corrected chi connectivity index (χ2v) is 14.0. The van der Waals surface area contributed by atoms with E-state index in [4.69, 9.17) is 9.57 Å². The van der Waals surface area contributed by atoms with Gasteiger partial charge in [0.05, 0.1) is 12.8 Å². The molecular weight excluding hydrogens is 558 g/mol. The largest absolute Gasteiger partial charge is 0.467 e. The summed E-state index contributed by atoms with van der Waals surface area (Å²) in [4.78, 5) is 46.5. The number of Topliss-reactive ketones (excluding diaryl/α,β-unsaturated/α-hetero) is 1. The number of amides is 1. The molecule has 3 fully saturated rings. The number of methoxy groups -OCH3 is 1. The van der Waals surface area contributed by atoms with Crippen molar-refractivity contribution in [2.75, 3.05) is 13.7 Å². The van der Waals surface area contributed by atoms with Gasteiger partial charge in [-0.2, -0.15) is 0 Å². The predicted molar refractivity (Wildman–Crippen MR) is 167 cm³/mol. The van der Waals surface area contributed by atoms with E-state index in [2.05, 4.69) is 35.4 Å². The van der Waals surface area contributed by atoms with Gasteiger partial charge in [0.15, 0.2) is 12.4 Å². The Balaban J connectivity index is 1.08. The van der Waals surface area contributed by atoms with E-state index in [0.29, 0.717) is 24.2 Å². The first-order valence-corrected chi connectivity index (χ1v) is 16.1. The van der Waals surface area contributed by atoms with E-state index in [1.807, 2.05) is 30.5 Å². The molecule has 3 N–H and O–H groups in total. The van der Waals surface area contributed by atoms with Crippen molar-refractivity contribution in [3.8, 4) is 0 Å². The van der Waals surface area contributed by atoms with Gasteiger partial charge in [-0.25, -0.2) is 4.79 Å². The number of nitrogens with one attached hydrogen (secondary N) is 2. The number of esters is 1. The lowest BCUT2D eigenvalue weighted by molar-refractivity contribution is -0.159. The number of hydrogen-bond donors (Lipinski definition) is 3. The van der Waals surface area contributed by atoms with Gasteiger partial charge in [0.2, 0.25) is 0 Å². The third-order valence-corrected chi connectivity index (χ3v) is 12.0. The number of fused-ring (bicyclic) bond motifs is 6. The topological polar surface area (TPSA) is 130 Å². The Morgan fingerprint density at radius 1 is 1.09 bits per heavy atom. The molecule has 1 heterocycles. The number of ether oxygens (including phenoxy) is 1. The van der Waals surface area contributed by atoms with Gasteiger partial charge in [-0.1, -0.05) is 42.8 Å². The van der Waals surface area contributed by atoms with Gasteiger partial charge >= 0.3 is 5.97 Å². The minimum absolute atomic E-state index is 0.0632. The summed E-state index contributed by atoms with van der Waals surface area (Å²) < 4.78 is 4.95. The number of aromatic nitrogens is 1. The number of hydrogen-bond acceptors (Lipinski definition) is 7. The van der Waals surface area contributed by atoms with Gasteiger partial charge in [-0.3, -0.25) is 9.59 Å². The summed E-state index contributed by atoms with van der Waals surface area (Å²) in [5.74, 6) is 0.366. The maximum absolute atomic E-state index is 12.8. The van der Waals surface area contributed by atoms with Crippen molar-refractivity contribution in [1.82, 2.24) is 10.3 Å². The number of rotatable bonds is 8. The summed E-state index contributed by atoms with van der Waals surface area (Å²) in [7, 11) is 1.31. The molecule has 0 saturated heterocycles. The quantitative estimate of drug-likeness (QED) is 0.287. The molecule has 4 aliphatic rings. The first-order valence-electron chi connectivity index (χ1n) is 16.1. The molecule has 1 aromatic carbocycles. The molecule has 1 amide bonds. The molecule has 0 spiro atoms. The number of aromatic amines is 1. The molecule has 0 bridgehead atoms. The van der Waals surface area contributed by atoms with Crippen LogP contribution in [0.3, 0.4) is 0 Å². The summed E-state index contributed by atoms with van der Waals surface area (Å²) in [5, 5.41) is 19.5. The fourth-order valence-corrected chi connectivity index (χ4v) is 9.50. The maximum atomic E-state index is 12.8. The Hall–Kier alpha value is -3.46. The van der Waals surface area contributed by atoms with Crippen LogP contribution in [0.5, 0.6) is 0 Å². The number of para-hydroxylation sites is 1. The molecule has 0 aliphatic heterocycles. The van der Waals surface area contributed by atoms with Crippen molar-refractivity contribution in [2.45, 2.75) is 90.2 Å². The molecule has 0 radical (unpaired) electrons. The highest BCUT2D eigenvalue weighted by Crippen LogP contribution is 2.67. The van der Waals surface area contributed by atoms with Gasteiger partial charge in [0.1, 0.15) is 11.6 Å². The molecule has 4 aliphatic carbocycles.